The first-order valence-electron chi connectivity index (χ1n) is 12.2. The van der Waals surface area contributed by atoms with E-state index in [-0.39, 0.29) is 5.41 Å². The average molecular weight is 399 g/mol. The van der Waals surface area contributed by atoms with Crippen LogP contribution in [-0.4, -0.2) is 16.5 Å². The van der Waals surface area contributed by atoms with Crippen molar-refractivity contribution in [3.05, 3.63) is 23.8 Å². The van der Waals surface area contributed by atoms with Crippen LogP contribution in [0, 0.1) is 40.4 Å². The Hall–Kier alpha value is -0.890. The fourth-order valence-electron chi connectivity index (χ4n) is 8.03. The third kappa shape index (κ3) is 3.68. The zero-order chi connectivity index (χ0) is 21.0. The third-order valence-electron chi connectivity index (χ3n) is 9.72. The Bertz CT molecular complexity index is 711. The van der Waals surface area contributed by atoms with Crippen LogP contribution in [0.15, 0.2) is 23.8 Å². The largest absolute Gasteiger partial charge is 0.390 e. The van der Waals surface area contributed by atoms with Crippen LogP contribution in [0.25, 0.3) is 0 Å². The molecule has 2 saturated carbocycles. The Labute approximate surface area is 178 Å². The maximum Gasteiger partial charge on any atom is 0.156 e. The highest BCUT2D eigenvalue weighted by Crippen LogP contribution is 2.66. The Morgan fingerprint density at radius 1 is 1.17 bits per heavy atom. The predicted octanol–water partition coefficient (Wildman–Crippen LogP) is 6.49. The van der Waals surface area contributed by atoms with Crippen LogP contribution < -0.4 is 0 Å². The molecule has 0 radical (unpaired) electrons. The van der Waals surface area contributed by atoms with Crippen molar-refractivity contribution < 1.29 is 9.90 Å². The summed E-state index contributed by atoms with van der Waals surface area (Å²) in [5, 5.41) is 10.1. The van der Waals surface area contributed by atoms with E-state index >= 15 is 0 Å². The second-order valence-electron chi connectivity index (χ2n) is 12.0. The number of hydrogen-bond donors (Lipinski definition) is 1. The minimum atomic E-state index is -0.533. The lowest BCUT2D eigenvalue weighted by atomic mass is 9.48. The van der Waals surface area contributed by atoms with Crippen molar-refractivity contribution in [2.24, 2.45) is 40.4 Å². The fourth-order valence-corrected chi connectivity index (χ4v) is 8.03. The summed E-state index contributed by atoms with van der Waals surface area (Å²) in [6.07, 6.45) is 17.3. The molecule has 0 aromatic heterocycles. The second kappa shape index (κ2) is 7.36. The van der Waals surface area contributed by atoms with E-state index < -0.39 is 5.60 Å². The lowest BCUT2D eigenvalue weighted by Gasteiger charge is -2.56. The molecule has 162 valence electrons. The first kappa shape index (κ1) is 21.3. The molecule has 0 aromatic rings. The van der Waals surface area contributed by atoms with Crippen LogP contribution in [0.1, 0.15) is 92.4 Å². The molecule has 4 rings (SSSR count). The summed E-state index contributed by atoms with van der Waals surface area (Å²) in [5.41, 5.74) is 1.45. The molecule has 2 nitrogen and oxygen atoms in total. The van der Waals surface area contributed by atoms with Gasteiger partial charge in [-0.05, 0) is 104 Å². The Balaban J connectivity index is 1.51. The highest BCUT2D eigenvalue weighted by Gasteiger charge is 2.58. The molecule has 2 fully saturated rings. The molecule has 0 unspecified atom stereocenters. The number of allylic oxidation sites excluding steroid dienone is 4. The number of carbonyl (C=O) groups is 1. The van der Waals surface area contributed by atoms with E-state index in [1.165, 1.54) is 37.7 Å². The molecule has 0 aromatic carbocycles. The minimum Gasteiger partial charge on any atom is -0.390 e. The van der Waals surface area contributed by atoms with Crippen molar-refractivity contribution in [1.82, 2.24) is 0 Å². The van der Waals surface area contributed by atoms with Gasteiger partial charge in [0, 0.05) is 6.42 Å². The smallest absolute Gasteiger partial charge is 0.156 e. The van der Waals surface area contributed by atoms with Gasteiger partial charge in [-0.25, -0.2) is 0 Å². The predicted molar refractivity (Wildman–Crippen MR) is 119 cm³/mol. The number of rotatable bonds is 5. The first-order valence-corrected chi connectivity index (χ1v) is 12.2. The molecule has 0 heterocycles. The highest BCUT2D eigenvalue weighted by molar-refractivity contribution is 5.92. The summed E-state index contributed by atoms with van der Waals surface area (Å²) in [4.78, 5) is 12.0. The van der Waals surface area contributed by atoms with E-state index in [1.807, 2.05) is 19.9 Å². The summed E-state index contributed by atoms with van der Waals surface area (Å²) >= 11 is 0. The van der Waals surface area contributed by atoms with Gasteiger partial charge in [0.2, 0.25) is 0 Å². The molecule has 4 aliphatic rings. The van der Waals surface area contributed by atoms with Crippen LogP contribution in [0.2, 0.25) is 0 Å². The van der Waals surface area contributed by atoms with Gasteiger partial charge in [-0.3, -0.25) is 4.79 Å². The lowest BCUT2D eigenvalue weighted by Crippen LogP contribution is -2.49. The van der Waals surface area contributed by atoms with Crippen molar-refractivity contribution in [2.45, 2.75) is 98.0 Å². The van der Waals surface area contributed by atoms with E-state index in [0.29, 0.717) is 23.0 Å². The van der Waals surface area contributed by atoms with Crippen molar-refractivity contribution in [3.8, 4) is 0 Å². The minimum absolute atomic E-state index is 0.213. The molecule has 29 heavy (non-hydrogen) atoms. The molecule has 7 atom stereocenters. The molecule has 0 aliphatic heterocycles. The summed E-state index contributed by atoms with van der Waals surface area (Å²) in [5.74, 6) is 4.10. The molecule has 0 spiro atoms. The van der Waals surface area contributed by atoms with Crippen molar-refractivity contribution in [3.63, 3.8) is 0 Å². The molecule has 2 heteroatoms. The summed E-state index contributed by atoms with van der Waals surface area (Å²) in [7, 11) is 0. The van der Waals surface area contributed by atoms with Gasteiger partial charge < -0.3 is 5.11 Å². The van der Waals surface area contributed by atoms with E-state index in [4.69, 9.17) is 0 Å². The maximum atomic E-state index is 12.0. The average Bonchev–Trinajstić information content (AvgIpc) is 2.98. The SMILES string of the molecule is C[C@H](CCCC(C)(C)O)[C@H]1CC[C@H]2[C@@H]3C=CC4=CC(=O)CC[C@]4(C)[C@H]3CC[C@]12C. The van der Waals surface area contributed by atoms with Gasteiger partial charge in [0.15, 0.2) is 5.78 Å². The van der Waals surface area contributed by atoms with E-state index in [1.54, 1.807) is 0 Å². The van der Waals surface area contributed by atoms with Crippen LogP contribution in [-0.2, 0) is 4.79 Å². The van der Waals surface area contributed by atoms with Gasteiger partial charge in [0.1, 0.15) is 0 Å². The summed E-state index contributed by atoms with van der Waals surface area (Å²) < 4.78 is 0. The van der Waals surface area contributed by atoms with Crippen LogP contribution in [0.3, 0.4) is 0 Å². The van der Waals surface area contributed by atoms with Gasteiger partial charge in [0.05, 0.1) is 5.60 Å². The van der Waals surface area contributed by atoms with Crippen LogP contribution in [0.4, 0.5) is 0 Å². The molecule has 0 saturated heterocycles. The van der Waals surface area contributed by atoms with Crippen LogP contribution in [0.5, 0.6) is 0 Å². The molecule has 1 N–H and O–H groups in total. The zero-order valence-electron chi connectivity index (χ0n) is 19.3. The maximum absolute atomic E-state index is 12.0. The number of hydrogen-bond acceptors (Lipinski definition) is 2. The number of fused-ring (bicyclic) bond motifs is 5. The number of ketones is 1. The Morgan fingerprint density at radius 3 is 2.66 bits per heavy atom. The quantitative estimate of drug-likeness (QED) is 0.575. The summed E-state index contributed by atoms with van der Waals surface area (Å²) in [6, 6.07) is 0. The van der Waals surface area contributed by atoms with Gasteiger partial charge in [-0.2, -0.15) is 0 Å². The number of carbonyl (C=O) groups excluding carboxylic acids is 1. The third-order valence-corrected chi connectivity index (χ3v) is 9.72. The Morgan fingerprint density at radius 2 is 1.93 bits per heavy atom. The summed E-state index contributed by atoms with van der Waals surface area (Å²) in [6.45, 7) is 11.4. The van der Waals surface area contributed by atoms with E-state index in [2.05, 4.69) is 32.9 Å². The van der Waals surface area contributed by atoms with E-state index in [9.17, 15) is 9.90 Å². The Kier molecular flexibility index (Phi) is 5.42. The molecule has 0 bridgehead atoms. The van der Waals surface area contributed by atoms with Gasteiger partial charge >= 0.3 is 0 Å². The monoisotopic (exact) mass is 398 g/mol. The molecular formula is C27H42O2. The van der Waals surface area contributed by atoms with Gasteiger partial charge in [-0.1, -0.05) is 45.8 Å². The first-order chi connectivity index (χ1) is 13.5. The van der Waals surface area contributed by atoms with Gasteiger partial charge in [0.25, 0.3) is 0 Å². The molecular weight excluding hydrogens is 356 g/mol. The number of aliphatic hydroxyl groups is 1. The zero-order valence-corrected chi connectivity index (χ0v) is 19.3. The van der Waals surface area contributed by atoms with Crippen molar-refractivity contribution in [2.75, 3.05) is 0 Å². The van der Waals surface area contributed by atoms with E-state index in [0.717, 1.165) is 43.4 Å². The van der Waals surface area contributed by atoms with Crippen molar-refractivity contribution in [1.29, 1.82) is 0 Å². The standard InChI is InChI=1S/C27H42O2/c1-18(7-6-14-25(2,3)29)22-10-11-23-21-9-8-19-17-20(28)12-15-26(19,4)24(21)13-16-27(22,23)5/h8-9,17-18,21-24,29H,6-7,10-16H2,1-5H3/t18-,21+,22-,23+,24+,26+,27-/m1/s1. The second-order valence-corrected chi connectivity index (χ2v) is 12.0. The van der Waals surface area contributed by atoms with Crippen molar-refractivity contribution >= 4 is 5.78 Å². The normalized spacial score (nSPS) is 42.7. The lowest BCUT2D eigenvalue weighted by molar-refractivity contribution is -0.116. The highest BCUT2D eigenvalue weighted by atomic mass is 16.3. The topological polar surface area (TPSA) is 37.3 Å². The fraction of sp³-hybridized carbons (Fsp3) is 0.815. The van der Waals surface area contributed by atoms with Gasteiger partial charge in [-0.15, -0.1) is 0 Å². The molecule has 0 amide bonds. The van der Waals surface area contributed by atoms with Crippen LogP contribution >= 0.6 is 0 Å². The molecule has 4 aliphatic carbocycles.